The first-order valence-corrected chi connectivity index (χ1v) is 9.69. The molecule has 2 amide bonds. The molecular weight excluding hydrogens is 356 g/mol. The molecule has 0 spiro atoms. The molecule has 2 aromatic rings. The minimum absolute atomic E-state index is 0.000756. The molecule has 0 atom stereocenters. The van der Waals surface area contributed by atoms with E-state index in [0.29, 0.717) is 22.6 Å². The predicted octanol–water partition coefficient (Wildman–Crippen LogP) is 4.05. The number of hydrogen-bond acceptors (Lipinski definition) is 4. The van der Waals surface area contributed by atoms with Crippen LogP contribution >= 0.6 is 0 Å². The second kappa shape index (κ2) is 10.4. The lowest BCUT2D eigenvalue weighted by Crippen LogP contribution is -2.41. The lowest BCUT2D eigenvalue weighted by molar-refractivity contribution is -0.121. The number of benzene rings is 1. The van der Waals surface area contributed by atoms with Gasteiger partial charge in [-0.05, 0) is 38.3 Å². The molecule has 0 unspecified atom stereocenters. The summed E-state index contributed by atoms with van der Waals surface area (Å²) in [7, 11) is 0. The van der Waals surface area contributed by atoms with Crippen molar-refractivity contribution in [2.24, 2.45) is 0 Å². The molecule has 6 heteroatoms. The monoisotopic (exact) mass is 384 g/mol. The summed E-state index contributed by atoms with van der Waals surface area (Å²) in [6.07, 6.45) is 4.63. The van der Waals surface area contributed by atoms with Gasteiger partial charge in [-0.25, -0.2) is 0 Å². The molecule has 0 aliphatic carbocycles. The summed E-state index contributed by atoms with van der Waals surface area (Å²) in [6, 6.07) is 9.17. The molecule has 0 radical (unpaired) electrons. The number of ketones is 1. The van der Waals surface area contributed by atoms with Crippen LogP contribution in [0.5, 0.6) is 0 Å². The van der Waals surface area contributed by atoms with Gasteiger partial charge in [-0.2, -0.15) is 0 Å². The van der Waals surface area contributed by atoms with Gasteiger partial charge in [0.1, 0.15) is 11.5 Å². The van der Waals surface area contributed by atoms with Crippen LogP contribution in [0.2, 0.25) is 0 Å². The van der Waals surface area contributed by atoms with Gasteiger partial charge in [-0.3, -0.25) is 25.2 Å². The fraction of sp³-hybridized carbons (Fsp3) is 0.409. The second-order valence-corrected chi connectivity index (χ2v) is 6.91. The van der Waals surface area contributed by atoms with Crippen LogP contribution in [0, 0.1) is 13.8 Å². The Hall–Kier alpha value is -2.89. The highest BCUT2D eigenvalue weighted by atomic mass is 16.3. The van der Waals surface area contributed by atoms with Gasteiger partial charge in [0.2, 0.25) is 5.91 Å². The molecule has 1 aromatic carbocycles. The number of carbonyl (C=O) groups excluding carboxylic acids is 3. The minimum atomic E-state index is -0.451. The van der Waals surface area contributed by atoms with E-state index >= 15 is 0 Å². The van der Waals surface area contributed by atoms with Crippen LogP contribution in [-0.4, -0.2) is 17.6 Å². The highest BCUT2D eigenvalue weighted by Gasteiger charge is 2.15. The largest absolute Gasteiger partial charge is 0.466 e. The van der Waals surface area contributed by atoms with Gasteiger partial charge >= 0.3 is 0 Å². The summed E-state index contributed by atoms with van der Waals surface area (Å²) in [4.78, 5) is 36.2. The lowest BCUT2D eigenvalue weighted by Gasteiger charge is -2.07. The number of rotatable bonds is 9. The first-order chi connectivity index (χ1) is 13.4. The van der Waals surface area contributed by atoms with Crippen LogP contribution in [0.15, 0.2) is 34.7 Å². The zero-order valence-corrected chi connectivity index (χ0v) is 16.8. The number of unbranched alkanes of at least 4 members (excludes halogenated alkanes) is 2. The summed E-state index contributed by atoms with van der Waals surface area (Å²) in [5.41, 5.74) is 6.85. The van der Waals surface area contributed by atoms with Crippen molar-refractivity contribution in [3.8, 4) is 0 Å². The van der Waals surface area contributed by atoms with Crippen LogP contribution in [0.25, 0.3) is 0 Å². The fourth-order valence-corrected chi connectivity index (χ4v) is 2.92. The summed E-state index contributed by atoms with van der Waals surface area (Å²) >= 11 is 0. The van der Waals surface area contributed by atoms with Crippen LogP contribution < -0.4 is 10.9 Å². The second-order valence-electron chi connectivity index (χ2n) is 6.91. The van der Waals surface area contributed by atoms with Crippen molar-refractivity contribution in [2.45, 2.75) is 59.3 Å². The van der Waals surface area contributed by atoms with Gasteiger partial charge in [-0.1, -0.05) is 44.0 Å². The third kappa shape index (κ3) is 6.37. The zero-order chi connectivity index (χ0) is 20.5. The van der Waals surface area contributed by atoms with Crippen molar-refractivity contribution in [1.29, 1.82) is 0 Å². The van der Waals surface area contributed by atoms with Gasteiger partial charge in [0.05, 0.1) is 5.56 Å². The number of Topliss-reactive ketones (excluding diaryl/α,β-unsaturated/α-hetero) is 1. The van der Waals surface area contributed by atoms with E-state index in [1.54, 1.807) is 19.9 Å². The molecule has 0 saturated carbocycles. The van der Waals surface area contributed by atoms with Crippen LogP contribution in [-0.2, 0) is 11.2 Å². The summed E-state index contributed by atoms with van der Waals surface area (Å²) < 4.78 is 5.29. The number of aryl methyl sites for hydroxylation is 3. The van der Waals surface area contributed by atoms with E-state index < -0.39 is 11.8 Å². The first-order valence-electron chi connectivity index (χ1n) is 9.69. The highest BCUT2D eigenvalue weighted by Crippen LogP contribution is 2.13. The maximum absolute atomic E-state index is 12.2. The smallest absolute Gasteiger partial charge is 0.273 e. The van der Waals surface area contributed by atoms with Crippen molar-refractivity contribution in [1.82, 2.24) is 10.9 Å². The molecule has 28 heavy (non-hydrogen) atoms. The molecule has 0 fully saturated rings. The molecule has 0 aliphatic rings. The normalized spacial score (nSPS) is 10.5. The van der Waals surface area contributed by atoms with E-state index in [1.807, 2.05) is 24.3 Å². The van der Waals surface area contributed by atoms with Gasteiger partial charge in [0.25, 0.3) is 5.91 Å². The van der Waals surface area contributed by atoms with E-state index in [4.69, 9.17) is 4.42 Å². The van der Waals surface area contributed by atoms with Gasteiger partial charge in [0, 0.05) is 18.4 Å². The Morgan fingerprint density at radius 3 is 2.29 bits per heavy atom. The van der Waals surface area contributed by atoms with E-state index in [1.165, 1.54) is 18.4 Å². The van der Waals surface area contributed by atoms with Gasteiger partial charge in [0.15, 0.2) is 5.78 Å². The van der Waals surface area contributed by atoms with Crippen molar-refractivity contribution < 1.29 is 18.8 Å². The standard InChI is InChI=1S/C22H28N2O4/c1-4-5-6-7-17-8-10-18(11-9-17)20(25)12-13-21(26)23-24-22(27)19-14-15(2)28-16(19)3/h8-11,14H,4-7,12-13H2,1-3H3,(H,23,26)(H,24,27). The van der Waals surface area contributed by atoms with Gasteiger partial charge in [-0.15, -0.1) is 0 Å². The zero-order valence-electron chi connectivity index (χ0n) is 16.8. The summed E-state index contributed by atoms with van der Waals surface area (Å²) in [5, 5.41) is 0. The Balaban J connectivity index is 1.75. The Morgan fingerprint density at radius 1 is 0.964 bits per heavy atom. The molecule has 0 aliphatic heterocycles. The molecule has 2 rings (SSSR count). The Bertz CT molecular complexity index is 822. The first kappa shape index (κ1) is 21.4. The number of furan rings is 1. The fourth-order valence-electron chi connectivity index (χ4n) is 2.92. The number of nitrogens with one attached hydrogen (secondary N) is 2. The molecule has 2 N–H and O–H groups in total. The Morgan fingerprint density at radius 2 is 1.68 bits per heavy atom. The van der Waals surface area contributed by atoms with E-state index in [-0.39, 0.29) is 18.6 Å². The third-order valence-electron chi connectivity index (χ3n) is 4.53. The molecular formula is C22H28N2O4. The van der Waals surface area contributed by atoms with Crippen LogP contribution in [0.4, 0.5) is 0 Å². The van der Waals surface area contributed by atoms with Crippen molar-refractivity contribution in [3.05, 3.63) is 58.5 Å². The molecule has 0 saturated heterocycles. The van der Waals surface area contributed by atoms with Crippen molar-refractivity contribution >= 4 is 17.6 Å². The van der Waals surface area contributed by atoms with Crippen LogP contribution in [0.1, 0.15) is 76.8 Å². The van der Waals surface area contributed by atoms with Crippen LogP contribution in [0.3, 0.4) is 0 Å². The van der Waals surface area contributed by atoms with E-state index in [0.717, 1.165) is 12.8 Å². The Kier molecular flexibility index (Phi) is 7.99. The highest BCUT2D eigenvalue weighted by molar-refractivity contribution is 5.99. The number of hydrogen-bond donors (Lipinski definition) is 2. The van der Waals surface area contributed by atoms with E-state index in [2.05, 4.69) is 17.8 Å². The van der Waals surface area contributed by atoms with Gasteiger partial charge < -0.3 is 4.42 Å². The number of hydrazine groups is 1. The quantitative estimate of drug-likeness (QED) is 0.388. The van der Waals surface area contributed by atoms with Crippen molar-refractivity contribution in [2.75, 3.05) is 0 Å². The van der Waals surface area contributed by atoms with E-state index in [9.17, 15) is 14.4 Å². The maximum Gasteiger partial charge on any atom is 0.273 e. The lowest BCUT2D eigenvalue weighted by atomic mass is 10.0. The minimum Gasteiger partial charge on any atom is -0.466 e. The maximum atomic E-state index is 12.2. The SMILES string of the molecule is CCCCCc1ccc(C(=O)CCC(=O)NNC(=O)c2cc(C)oc2C)cc1. The Labute approximate surface area is 165 Å². The average Bonchev–Trinajstić information content (AvgIpc) is 3.03. The third-order valence-corrected chi connectivity index (χ3v) is 4.53. The molecule has 1 heterocycles. The number of carbonyl (C=O) groups is 3. The van der Waals surface area contributed by atoms with Crippen molar-refractivity contribution in [3.63, 3.8) is 0 Å². The summed E-state index contributed by atoms with van der Waals surface area (Å²) in [6.45, 7) is 5.59. The molecule has 150 valence electrons. The molecule has 1 aromatic heterocycles. The molecule has 6 nitrogen and oxygen atoms in total. The molecule has 0 bridgehead atoms. The topological polar surface area (TPSA) is 88.4 Å². The predicted molar refractivity (Wildman–Crippen MR) is 107 cm³/mol. The summed E-state index contributed by atoms with van der Waals surface area (Å²) in [5.74, 6) is 0.139. The average molecular weight is 384 g/mol. The number of amides is 2.